The van der Waals surface area contributed by atoms with Gasteiger partial charge in [-0.15, -0.1) is 0 Å². The van der Waals surface area contributed by atoms with Crippen LogP contribution in [0.15, 0.2) is 15.9 Å². The number of carbonyl (C=O) groups excluding carboxylic acids is 1. The van der Waals surface area contributed by atoms with Crippen LogP contribution < -0.4 is 11.2 Å². The Kier molecular flexibility index (Phi) is 3.84. The Morgan fingerprint density at radius 1 is 1.50 bits per heavy atom. The number of fused-ring (bicyclic) bond motifs is 1. The van der Waals surface area contributed by atoms with E-state index in [1.165, 1.54) is 17.8 Å². The number of aliphatic hydroxyl groups excluding tert-OH is 1. The van der Waals surface area contributed by atoms with E-state index >= 15 is 0 Å². The minimum Gasteiger partial charge on any atom is -0.393 e. The molecule has 108 valence electrons. The molecular weight excluding hydrogens is 264 g/mol. The smallest absolute Gasteiger partial charge is 0.330 e. The van der Waals surface area contributed by atoms with Crippen LogP contribution in [0, 0.1) is 0 Å². The van der Waals surface area contributed by atoms with Crippen molar-refractivity contribution < 1.29 is 9.90 Å². The lowest BCUT2D eigenvalue weighted by molar-refractivity contribution is -0.117. The fourth-order valence-corrected chi connectivity index (χ4v) is 1.97. The van der Waals surface area contributed by atoms with Crippen molar-refractivity contribution in [2.75, 3.05) is 0 Å². The predicted molar refractivity (Wildman–Crippen MR) is 71.6 cm³/mol. The second-order valence-corrected chi connectivity index (χ2v) is 4.80. The van der Waals surface area contributed by atoms with Gasteiger partial charge >= 0.3 is 5.69 Å². The molecule has 0 aliphatic heterocycles. The first-order valence-corrected chi connectivity index (χ1v) is 6.25. The molecular formula is C12H16N4O4. The fourth-order valence-electron chi connectivity index (χ4n) is 1.97. The first-order chi connectivity index (χ1) is 9.40. The number of aromatic amines is 1. The Morgan fingerprint density at radius 2 is 2.20 bits per heavy atom. The van der Waals surface area contributed by atoms with Gasteiger partial charge in [0.2, 0.25) is 0 Å². The van der Waals surface area contributed by atoms with E-state index in [0.717, 1.165) is 4.57 Å². The molecule has 0 fully saturated rings. The minimum absolute atomic E-state index is 0.0220. The number of rotatable bonds is 5. The van der Waals surface area contributed by atoms with Gasteiger partial charge in [0.25, 0.3) is 5.56 Å². The Bertz CT molecular complexity index is 753. The Morgan fingerprint density at radius 3 is 2.80 bits per heavy atom. The van der Waals surface area contributed by atoms with Crippen molar-refractivity contribution in [1.29, 1.82) is 0 Å². The van der Waals surface area contributed by atoms with Gasteiger partial charge in [0.15, 0.2) is 11.2 Å². The second-order valence-electron chi connectivity index (χ2n) is 4.80. The van der Waals surface area contributed by atoms with Crippen molar-refractivity contribution in [2.24, 2.45) is 0 Å². The number of nitrogens with zero attached hydrogens (tertiary/aromatic N) is 3. The van der Waals surface area contributed by atoms with Crippen LogP contribution in [0.2, 0.25) is 0 Å². The molecule has 0 bridgehead atoms. The van der Waals surface area contributed by atoms with Gasteiger partial charge in [-0.25, -0.2) is 9.78 Å². The number of nitrogens with one attached hydrogen (secondary N) is 1. The molecule has 20 heavy (non-hydrogen) atoms. The highest BCUT2D eigenvalue weighted by atomic mass is 16.3. The zero-order chi connectivity index (χ0) is 14.9. The number of carbonyl (C=O) groups is 1. The van der Waals surface area contributed by atoms with Crippen molar-refractivity contribution in [1.82, 2.24) is 19.1 Å². The molecule has 8 nitrogen and oxygen atoms in total. The third-order valence-corrected chi connectivity index (χ3v) is 2.92. The van der Waals surface area contributed by atoms with Crippen LogP contribution in [-0.4, -0.2) is 36.1 Å². The molecule has 2 aromatic heterocycles. The van der Waals surface area contributed by atoms with Crippen molar-refractivity contribution in [2.45, 2.75) is 39.5 Å². The molecule has 0 aliphatic carbocycles. The van der Waals surface area contributed by atoms with E-state index in [1.807, 2.05) is 0 Å². The summed E-state index contributed by atoms with van der Waals surface area (Å²) in [4.78, 5) is 41.7. The lowest BCUT2D eigenvalue weighted by atomic mass is 10.3. The molecule has 0 saturated heterocycles. The zero-order valence-corrected chi connectivity index (χ0v) is 11.3. The fraction of sp³-hybridized carbons (Fsp3) is 0.500. The number of imidazole rings is 1. The number of ketones is 1. The van der Waals surface area contributed by atoms with Crippen LogP contribution in [-0.2, 0) is 17.9 Å². The van der Waals surface area contributed by atoms with Crippen LogP contribution in [0.5, 0.6) is 0 Å². The molecule has 1 unspecified atom stereocenters. The van der Waals surface area contributed by atoms with Crippen molar-refractivity contribution in [3.05, 3.63) is 27.2 Å². The van der Waals surface area contributed by atoms with E-state index in [9.17, 15) is 19.5 Å². The molecule has 2 heterocycles. The summed E-state index contributed by atoms with van der Waals surface area (Å²) in [7, 11) is 0. The van der Waals surface area contributed by atoms with Crippen LogP contribution in [0.25, 0.3) is 11.2 Å². The Labute approximate surface area is 113 Å². The first kappa shape index (κ1) is 14.2. The molecule has 2 rings (SSSR count). The number of aromatic nitrogens is 4. The second kappa shape index (κ2) is 5.41. The molecule has 0 aliphatic rings. The van der Waals surface area contributed by atoms with E-state index in [1.54, 1.807) is 6.92 Å². The molecule has 8 heteroatoms. The average molecular weight is 280 g/mol. The number of Topliss-reactive ketones (excluding diaryl/α,β-unsaturated/α-hetero) is 1. The molecule has 1 atom stereocenters. The van der Waals surface area contributed by atoms with Gasteiger partial charge in [-0.2, -0.15) is 0 Å². The van der Waals surface area contributed by atoms with Gasteiger partial charge < -0.3 is 9.67 Å². The SMILES string of the molecule is CC(=O)Cn1cnc2[nH]c(=O)n(CCC(C)O)c(=O)c21. The lowest BCUT2D eigenvalue weighted by Gasteiger charge is -2.07. The summed E-state index contributed by atoms with van der Waals surface area (Å²) in [6.45, 7) is 3.11. The maximum absolute atomic E-state index is 12.3. The van der Waals surface area contributed by atoms with Gasteiger partial charge in [-0.05, 0) is 20.3 Å². The maximum atomic E-state index is 12.3. The number of aliphatic hydroxyl groups is 1. The van der Waals surface area contributed by atoms with Crippen LogP contribution in [0.1, 0.15) is 20.3 Å². The van der Waals surface area contributed by atoms with Crippen molar-refractivity contribution >= 4 is 16.9 Å². The highest BCUT2D eigenvalue weighted by Crippen LogP contribution is 2.03. The largest absolute Gasteiger partial charge is 0.393 e. The quantitative estimate of drug-likeness (QED) is 0.748. The van der Waals surface area contributed by atoms with E-state index < -0.39 is 17.4 Å². The van der Waals surface area contributed by atoms with Gasteiger partial charge in [0, 0.05) is 6.54 Å². The van der Waals surface area contributed by atoms with E-state index in [0.29, 0.717) is 0 Å². The highest BCUT2D eigenvalue weighted by molar-refractivity contribution is 5.78. The molecule has 2 aromatic rings. The molecule has 0 saturated carbocycles. The van der Waals surface area contributed by atoms with Gasteiger partial charge in [-0.1, -0.05) is 0 Å². The zero-order valence-electron chi connectivity index (χ0n) is 11.3. The predicted octanol–water partition coefficient (Wildman–Crippen LogP) is -0.754. The third-order valence-electron chi connectivity index (χ3n) is 2.92. The standard InChI is InChI=1S/C12H16N4O4/c1-7(17)3-4-16-11(19)9-10(14-12(16)20)13-6-15(9)5-8(2)18/h6-7,17H,3-5H2,1-2H3,(H,14,20). The van der Waals surface area contributed by atoms with Crippen LogP contribution in [0.4, 0.5) is 0 Å². The van der Waals surface area contributed by atoms with E-state index in [2.05, 4.69) is 9.97 Å². The average Bonchev–Trinajstić information content (AvgIpc) is 2.70. The molecule has 0 radical (unpaired) electrons. The Balaban J connectivity index is 2.56. The van der Waals surface area contributed by atoms with Crippen LogP contribution >= 0.6 is 0 Å². The summed E-state index contributed by atoms with van der Waals surface area (Å²) < 4.78 is 2.42. The Hall–Kier alpha value is -2.22. The number of hydrogen-bond acceptors (Lipinski definition) is 5. The van der Waals surface area contributed by atoms with Crippen molar-refractivity contribution in [3.63, 3.8) is 0 Å². The summed E-state index contributed by atoms with van der Waals surface area (Å²) in [5.41, 5.74) is -0.737. The minimum atomic E-state index is -0.612. The van der Waals surface area contributed by atoms with Gasteiger partial charge in [-0.3, -0.25) is 19.1 Å². The van der Waals surface area contributed by atoms with E-state index in [-0.39, 0.29) is 36.5 Å². The summed E-state index contributed by atoms with van der Waals surface area (Å²) >= 11 is 0. The topological polar surface area (TPSA) is 110 Å². The monoisotopic (exact) mass is 280 g/mol. The normalized spacial score (nSPS) is 12.8. The first-order valence-electron chi connectivity index (χ1n) is 6.25. The summed E-state index contributed by atoms with van der Waals surface area (Å²) in [6, 6.07) is 0. The number of hydrogen-bond donors (Lipinski definition) is 2. The van der Waals surface area contributed by atoms with Gasteiger partial charge in [0.1, 0.15) is 5.78 Å². The summed E-state index contributed by atoms with van der Waals surface area (Å²) in [5.74, 6) is -0.120. The summed E-state index contributed by atoms with van der Waals surface area (Å²) in [6.07, 6.45) is 1.02. The lowest BCUT2D eigenvalue weighted by Crippen LogP contribution is -2.36. The molecule has 0 amide bonds. The summed E-state index contributed by atoms with van der Waals surface area (Å²) in [5, 5.41) is 9.25. The van der Waals surface area contributed by atoms with Gasteiger partial charge in [0.05, 0.1) is 19.0 Å². The third kappa shape index (κ3) is 2.69. The molecule has 0 aromatic carbocycles. The highest BCUT2D eigenvalue weighted by Gasteiger charge is 2.14. The maximum Gasteiger partial charge on any atom is 0.330 e. The van der Waals surface area contributed by atoms with Crippen molar-refractivity contribution in [3.8, 4) is 0 Å². The van der Waals surface area contributed by atoms with Crippen LogP contribution in [0.3, 0.4) is 0 Å². The van der Waals surface area contributed by atoms with E-state index in [4.69, 9.17) is 0 Å². The number of H-pyrrole nitrogens is 1. The molecule has 0 spiro atoms. The molecule has 2 N–H and O–H groups in total.